The zero-order chi connectivity index (χ0) is 30.0. The molecular formula is C19H27F2N9O10P2S2. The lowest BCUT2D eigenvalue weighted by Gasteiger charge is -2.34. The van der Waals surface area contributed by atoms with Crippen LogP contribution < -0.4 is 34.2 Å². The second-order valence-corrected chi connectivity index (χ2v) is 14.7. The molecule has 6 rings (SSSR count). The number of nitrogen functional groups attached to an aromatic ring is 1. The average molecular weight is 706 g/mol. The standard InChI is InChI=1S/C19H21F2N7O10P2S2.2H3N/c20-10-7-3-33-39(31,41)37-13-8(36-17(11(13)21)28-6-25-12-15(22)23-5-24-16(12)28)4-34-40(32,42)38-14(10)18(35-7)27-2-1-9(29)26-19(27)30;;/h1-2,5-8,10-11,13-14,17-18H,3-4H2,(H,31,41)(H,32,42)(H2,22,23,24)(H,26,29,30);2*1H3/t7-,8-,10-,11-,13-,14-,17-,18-,39?,40?;;/m1../s1. The molecule has 0 amide bonds. The second-order valence-electron chi connectivity index (χ2n) is 9.25. The maximum Gasteiger partial charge on any atom is 0.330 e. The highest BCUT2D eigenvalue weighted by Gasteiger charge is 2.52. The van der Waals surface area contributed by atoms with Crippen molar-refractivity contribution in [3.63, 3.8) is 0 Å². The Hall–Kier alpha value is -2.24. The van der Waals surface area contributed by atoms with E-state index in [9.17, 15) is 19.0 Å². The molecule has 11 N–H and O–H groups in total. The first-order valence-electron chi connectivity index (χ1n) is 11.9. The number of H-pyrrole nitrogens is 1. The lowest BCUT2D eigenvalue weighted by atomic mass is 10.1. The van der Waals surface area contributed by atoms with Gasteiger partial charge in [0.15, 0.2) is 43.1 Å². The van der Waals surface area contributed by atoms with Gasteiger partial charge in [0, 0.05) is 12.3 Å². The number of aromatic nitrogens is 6. The highest BCUT2D eigenvalue weighted by atomic mass is 32.7. The van der Waals surface area contributed by atoms with Gasteiger partial charge < -0.3 is 62.7 Å². The summed E-state index contributed by atoms with van der Waals surface area (Å²) in [5.41, 5.74) is 4.30. The molecule has 244 valence electrons. The quantitative estimate of drug-likeness (QED) is 0.205. The lowest BCUT2D eigenvalue weighted by Crippen LogP contribution is -2.38. The summed E-state index contributed by atoms with van der Waals surface area (Å²) in [6.45, 7) is -10.8. The van der Waals surface area contributed by atoms with E-state index in [-0.39, 0.29) is 29.3 Å². The number of halogens is 2. The maximum absolute atomic E-state index is 15.9. The van der Waals surface area contributed by atoms with Gasteiger partial charge >= 0.3 is 5.69 Å². The van der Waals surface area contributed by atoms with Crippen molar-refractivity contribution in [3.8, 4) is 0 Å². The highest BCUT2D eigenvalue weighted by molar-refractivity contribution is 8.32. The molecule has 0 saturated carbocycles. The molecule has 10 atom stereocenters. The third-order valence-corrected chi connectivity index (χ3v) is 9.70. The minimum atomic E-state index is -4.62. The van der Waals surface area contributed by atoms with Crippen molar-refractivity contribution in [1.29, 1.82) is 0 Å². The summed E-state index contributed by atoms with van der Waals surface area (Å²) in [6, 6.07) is 0.956. The van der Waals surface area contributed by atoms with Crippen LogP contribution in [0.5, 0.6) is 0 Å². The Morgan fingerprint density at radius 3 is 2.45 bits per heavy atom. The zero-order valence-electron chi connectivity index (χ0n) is 22.7. The minimum absolute atomic E-state index is 0. The largest absolute Gasteiger partial charge is 0.780 e. The van der Waals surface area contributed by atoms with E-state index < -0.39 is 87.2 Å². The average Bonchev–Trinajstić information content (AvgIpc) is 3.57. The summed E-state index contributed by atoms with van der Waals surface area (Å²) < 4.78 is 78.8. The molecule has 3 aliphatic rings. The number of ether oxygens (including phenoxy) is 2. The smallest absolute Gasteiger partial charge is 0.330 e. The normalized spacial score (nSPS) is 37.5. The van der Waals surface area contributed by atoms with Crippen molar-refractivity contribution in [1.82, 2.24) is 41.4 Å². The first-order valence-corrected chi connectivity index (χ1v) is 17.1. The minimum Gasteiger partial charge on any atom is -0.780 e. The van der Waals surface area contributed by atoms with Gasteiger partial charge in [-0.2, -0.15) is 0 Å². The van der Waals surface area contributed by atoms with Crippen molar-refractivity contribution in [3.05, 3.63) is 45.8 Å². The fraction of sp³-hybridized carbons (Fsp3) is 0.526. The molecule has 2 unspecified atom stereocenters. The number of fused-ring (bicyclic) bond motifs is 4. The highest BCUT2D eigenvalue weighted by Crippen LogP contribution is 2.54. The first kappa shape index (κ1) is 34.6. The molecule has 3 aromatic rings. The van der Waals surface area contributed by atoms with Crippen molar-refractivity contribution in [2.75, 3.05) is 18.9 Å². The number of quaternary nitrogens is 2. The van der Waals surface area contributed by atoms with Gasteiger partial charge in [0.05, 0.1) is 19.5 Å². The number of anilines is 1. The summed E-state index contributed by atoms with van der Waals surface area (Å²) in [5.74, 6) is 0.0207. The first-order chi connectivity index (χ1) is 19.8. The number of rotatable bonds is 2. The summed E-state index contributed by atoms with van der Waals surface area (Å²) in [5, 5.41) is 0. The monoisotopic (exact) mass is 705 g/mol. The third kappa shape index (κ3) is 6.51. The molecule has 0 aromatic carbocycles. The molecule has 6 heterocycles. The number of nitrogens with two attached hydrogens (primary N) is 1. The Labute approximate surface area is 255 Å². The van der Waals surface area contributed by atoms with Gasteiger partial charge in [0.2, 0.25) is 0 Å². The maximum atomic E-state index is 15.9. The van der Waals surface area contributed by atoms with E-state index >= 15 is 8.78 Å². The van der Waals surface area contributed by atoms with E-state index in [1.54, 1.807) is 0 Å². The van der Waals surface area contributed by atoms with Crippen LogP contribution in [0.3, 0.4) is 0 Å². The Bertz CT molecular complexity index is 1730. The van der Waals surface area contributed by atoms with Crippen LogP contribution in [0.2, 0.25) is 0 Å². The fourth-order valence-electron chi connectivity index (χ4n) is 4.72. The van der Waals surface area contributed by atoms with Crippen LogP contribution in [0.15, 0.2) is 34.5 Å². The van der Waals surface area contributed by atoms with E-state index in [1.165, 1.54) is 10.9 Å². The predicted molar refractivity (Wildman–Crippen MR) is 152 cm³/mol. The van der Waals surface area contributed by atoms with Gasteiger partial charge in [-0.25, -0.2) is 28.5 Å². The molecule has 0 aliphatic carbocycles. The molecule has 3 saturated heterocycles. The van der Waals surface area contributed by atoms with Gasteiger partial charge in [0.25, 0.3) is 5.56 Å². The Balaban J connectivity index is 0.00000221. The van der Waals surface area contributed by atoms with Crippen molar-refractivity contribution >= 4 is 54.6 Å². The van der Waals surface area contributed by atoms with Crippen LogP contribution in [0, 0.1) is 0 Å². The van der Waals surface area contributed by atoms with Crippen LogP contribution in [-0.4, -0.2) is 79.0 Å². The van der Waals surface area contributed by atoms with Crippen molar-refractivity contribution in [2.24, 2.45) is 0 Å². The van der Waals surface area contributed by atoms with Crippen molar-refractivity contribution in [2.45, 2.75) is 49.2 Å². The van der Waals surface area contributed by atoms with Crippen molar-refractivity contribution < 1.29 is 45.8 Å². The van der Waals surface area contributed by atoms with Gasteiger partial charge in [0.1, 0.15) is 43.0 Å². The van der Waals surface area contributed by atoms with Gasteiger partial charge in [-0.15, -0.1) is 0 Å². The van der Waals surface area contributed by atoms with Gasteiger partial charge in [-0.1, -0.05) is 11.8 Å². The third-order valence-electron chi connectivity index (χ3n) is 6.61. The number of aromatic amines is 1. The van der Waals surface area contributed by atoms with Crippen LogP contribution in [0.1, 0.15) is 12.5 Å². The Morgan fingerprint density at radius 2 is 1.73 bits per heavy atom. The molecule has 3 aliphatic heterocycles. The Kier molecular flexibility index (Phi) is 10.1. The number of nitrogens with one attached hydrogen (secondary N) is 1. The molecule has 3 fully saturated rings. The topological polar surface area (TPSA) is 293 Å². The molecule has 44 heavy (non-hydrogen) atoms. The summed E-state index contributed by atoms with van der Waals surface area (Å²) in [6.07, 6.45) is -10.7. The number of nitrogens with zero attached hydrogens (tertiary/aromatic N) is 5. The van der Waals surface area contributed by atoms with E-state index in [0.29, 0.717) is 0 Å². The van der Waals surface area contributed by atoms with E-state index in [1.807, 2.05) is 4.98 Å². The summed E-state index contributed by atoms with van der Waals surface area (Å²) in [7, 11) is 0. The number of imidazole rings is 1. The van der Waals surface area contributed by atoms with Gasteiger partial charge in [-0.3, -0.25) is 23.5 Å². The van der Waals surface area contributed by atoms with Gasteiger partial charge in [-0.05, 0) is 0 Å². The predicted octanol–water partition coefficient (Wildman–Crippen LogP) is 0.239. The molecule has 3 aromatic heterocycles. The molecular weight excluding hydrogens is 678 g/mol. The molecule has 0 radical (unpaired) electrons. The van der Waals surface area contributed by atoms with Crippen LogP contribution in [-0.2, 0) is 56.2 Å². The van der Waals surface area contributed by atoms with Crippen LogP contribution in [0.4, 0.5) is 14.6 Å². The van der Waals surface area contributed by atoms with E-state index in [4.69, 9.17) is 57.4 Å². The molecule has 25 heteroatoms. The summed E-state index contributed by atoms with van der Waals surface area (Å²) >= 11 is 9.89. The SMILES string of the molecule is Nc1ncnc2c1ncn2[C@@H]1O[C@@H]2COP([O-])(=S)O[C@@H]3[C@H](F)[C@@H](COP(=O)([S-])O[C@H]2[C@H]1F)O[C@H]3n1ccc(=O)[nH]c1=O.[NH4+].[NH4+]. The Morgan fingerprint density at radius 1 is 1.02 bits per heavy atom. The summed E-state index contributed by atoms with van der Waals surface area (Å²) in [4.78, 5) is 50.9. The van der Waals surface area contributed by atoms with E-state index in [2.05, 4.69) is 15.0 Å². The molecule has 19 nitrogen and oxygen atoms in total. The van der Waals surface area contributed by atoms with Crippen LogP contribution in [0.25, 0.3) is 11.2 Å². The zero-order valence-corrected chi connectivity index (χ0v) is 26.1. The fourth-order valence-corrected chi connectivity index (χ4v) is 7.53. The van der Waals surface area contributed by atoms with Crippen LogP contribution >= 0.6 is 13.5 Å². The molecule has 2 bridgehead atoms. The number of hydrogen-bond acceptors (Lipinski definition) is 16. The number of alkyl halides is 2. The number of hydrogen-bond donors (Lipinski definition) is 4. The second kappa shape index (κ2) is 12.9. The lowest BCUT2D eigenvalue weighted by molar-refractivity contribution is -0.218. The molecule has 0 spiro atoms. The van der Waals surface area contributed by atoms with E-state index in [0.717, 1.165) is 23.2 Å².